The van der Waals surface area contributed by atoms with E-state index >= 15 is 0 Å². The van der Waals surface area contributed by atoms with Gasteiger partial charge >= 0.3 is 12.4 Å². The predicted octanol–water partition coefficient (Wildman–Crippen LogP) is 5.32. The van der Waals surface area contributed by atoms with Gasteiger partial charge in [-0.15, -0.1) is 0 Å². The number of aromatic nitrogens is 1. The highest BCUT2D eigenvalue weighted by Gasteiger charge is 2.49. The molecule has 0 unspecified atom stereocenters. The van der Waals surface area contributed by atoms with E-state index in [0.29, 0.717) is 6.42 Å². The largest absolute Gasteiger partial charge is 0.475 e. The molecule has 10 heteroatoms. The van der Waals surface area contributed by atoms with Crippen LogP contribution in [0.1, 0.15) is 39.2 Å². The standard InChI is InChI=1S/C20H22F6N2O2/c1-10(2)30-17-9-14(19(21,22)23)13-8-12(5-6-15(13)27-17)28-11(3)4-7-16(28)18(29)20(24,25)26/h5-6,8-11,16,18,29H,4,7H2,1-3H3/t11-,16-,18-/m1/s1. The highest BCUT2D eigenvalue weighted by atomic mass is 19.4. The Kier molecular flexibility index (Phi) is 5.83. The first kappa shape index (κ1) is 22.5. The number of hydrogen-bond acceptors (Lipinski definition) is 4. The Morgan fingerprint density at radius 3 is 2.33 bits per heavy atom. The molecule has 2 heterocycles. The normalized spacial score (nSPS) is 21.5. The number of nitrogens with zero attached hydrogens (tertiary/aromatic N) is 2. The zero-order valence-corrected chi connectivity index (χ0v) is 16.6. The Balaban J connectivity index is 2.11. The molecule has 1 N–H and O–H groups in total. The van der Waals surface area contributed by atoms with Crippen LogP contribution in [0, 0.1) is 0 Å². The lowest BCUT2D eigenvalue weighted by Gasteiger charge is -2.34. The minimum absolute atomic E-state index is 0.0176. The Morgan fingerprint density at radius 2 is 1.77 bits per heavy atom. The molecular weight excluding hydrogens is 414 g/mol. The van der Waals surface area contributed by atoms with Crippen LogP contribution in [-0.4, -0.2) is 40.6 Å². The zero-order chi connectivity index (χ0) is 22.4. The van der Waals surface area contributed by atoms with Crippen LogP contribution in [0.25, 0.3) is 10.9 Å². The maximum atomic E-state index is 13.7. The number of rotatable bonds is 4. The van der Waals surface area contributed by atoms with Crippen LogP contribution >= 0.6 is 0 Å². The Hall–Kier alpha value is -2.23. The summed E-state index contributed by atoms with van der Waals surface area (Å²) in [5, 5.41) is 9.54. The molecule has 1 saturated heterocycles. The molecule has 4 nitrogen and oxygen atoms in total. The lowest BCUT2D eigenvalue weighted by atomic mass is 10.0. The third-order valence-electron chi connectivity index (χ3n) is 5.14. The van der Waals surface area contributed by atoms with E-state index in [1.54, 1.807) is 20.8 Å². The number of ether oxygens (including phenoxy) is 1. The van der Waals surface area contributed by atoms with Crippen molar-refractivity contribution in [2.75, 3.05) is 4.90 Å². The van der Waals surface area contributed by atoms with Crippen LogP contribution in [0.2, 0.25) is 0 Å². The molecule has 30 heavy (non-hydrogen) atoms. The first-order valence-corrected chi connectivity index (χ1v) is 9.51. The molecule has 1 aromatic heterocycles. The first-order valence-electron chi connectivity index (χ1n) is 9.51. The van der Waals surface area contributed by atoms with Crippen LogP contribution in [0.4, 0.5) is 32.0 Å². The number of aliphatic hydroxyl groups is 1. The first-order chi connectivity index (χ1) is 13.8. The van der Waals surface area contributed by atoms with Gasteiger partial charge < -0.3 is 14.7 Å². The maximum absolute atomic E-state index is 13.7. The predicted molar refractivity (Wildman–Crippen MR) is 99.5 cm³/mol. The summed E-state index contributed by atoms with van der Waals surface area (Å²) in [5.74, 6) is -0.183. The number of fused-ring (bicyclic) bond motifs is 1. The molecule has 3 atom stereocenters. The second-order valence-electron chi connectivity index (χ2n) is 7.76. The third kappa shape index (κ3) is 4.43. The molecule has 166 valence electrons. The second-order valence-corrected chi connectivity index (χ2v) is 7.76. The van der Waals surface area contributed by atoms with Gasteiger partial charge in [0.25, 0.3) is 0 Å². The van der Waals surface area contributed by atoms with Crippen molar-refractivity contribution in [3.8, 4) is 5.88 Å². The van der Waals surface area contributed by atoms with E-state index in [4.69, 9.17) is 4.74 Å². The molecule has 2 aromatic rings. The van der Waals surface area contributed by atoms with Crippen molar-refractivity contribution >= 4 is 16.6 Å². The van der Waals surface area contributed by atoms with Crippen LogP contribution in [0.5, 0.6) is 5.88 Å². The monoisotopic (exact) mass is 436 g/mol. The van der Waals surface area contributed by atoms with E-state index in [0.717, 1.165) is 6.07 Å². The summed E-state index contributed by atoms with van der Waals surface area (Å²) >= 11 is 0. The molecule has 1 aliphatic heterocycles. The second kappa shape index (κ2) is 7.79. The summed E-state index contributed by atoms with van der Waals surface area (Å²) in [4.78, 5) is 5.44. The quantitative estimate of drug-likeness (QED) is 0.659. The molecule has 1 fully saturated rings. The Morgan fingerprint density at radius 1 is 1.10 bits per heavy atom. The van der Waals surface area contributed by atoms with Gasteiger partial charge in [0.15, 0.2) is 6.10 Å². The average Bonchev–Trinajstić information content (AvgIpc) is 2.99. The van der Waals surface area contributed by atoms with Gasteiger partial charge in [0, 0.05) is 23.2 Å². The van der Waals surface area contributed by atoms with Crippen molar-refractivity contribution in [3.63, 3.8) is 0 Å². The van der Waals surface area contributed by atoms with Crippen molar-refractivity contribution in [1.29, 1.82) is 0 Å². The van der Waals surface area contributed by atoms with Crippen molar-refractivity contribution in [2.45, 2.75) is 70.3 Å². The Bertz CT molecular complexity index is 913. The van der Waals surface area contributed by atoms with Crippen LogP contribution < -0.4 is 9.64 Å². The summed E-state index contributed by atoms with van der Waals surface area (Å²) in [5.41, 5.74) is -0.792. The van der Waals surface area contributed by atoms with E-state index in [9.17, 15) is 31.4 Å². The van der Waals surface area contributed by atoms with Crippen LogP contribution in [-0.2, 0) is 6.18 Å². The fourth-order valence-electron chi connectivity index (χ4n) is 3.88. The number of benzene rings is 1. The molecule has 0 bridgehead atoms. The molecule has 0 amide bonds. The van der Waals surface area contributed by atoms with E-state index in [-0.39, 0.29) is 41.0 Å². The molecule has 0 aliphatic carbocycles. The lowest BCUT2D eigenvalue weighted by Crippen LogP contribution is -2.48. The fraction of sp³-hybridized carbons (Fsp3) is 0.550. The maximum Gasteiger partial charge on any atom is 0.417 e. The summed E-state index contributed by atoms with van der Waals surface area (Å²) in [6.07, 6.45) is -12.1. The van der Waals surface area contributed by atoms with Gasteiger partial charge in [-0.2, -0.15) is 26.3 Å². The summed E-state index contributed by atoms with van der Waals surface area (Å²) in [6, 6.07) is 3.07. The van der Waals surface area contributed by atoms with Crippen LogP contribution in [0.15, 0.2) is 24.3 Å². The SMILES string of the molecule is CC(C)Oc1cc(C(F)(F)F)c2cc(N3[C@H](C)CC[C@@H]3[C@@H](O)C(F)(F)F)ccc2n1. The number of pyridine rings is 1. The molecule has 3 rings (SSSR count). The molecule has 0 saturated carbocycles. The molecule has 1 aliphatic rings. The van der Waals surface area contributed by atoms with Crippen molar-refractivity contribution in [3.05, 3.63) is 29.8 Å². The highest BCUT2D eigenvalue weighted by molar-refractivity contribution is 5.87. The van der Waals surface area contributed by atoms with Gasteiger partial charge in [-0.3, -0.25) is 0 Å². The number of alkyl halides is 6. The number of anilines is 1. The number of halogens is 6. The van der Waals surface area contributed by atoms with Gasteiger partial charge in [-0.1, -0.05) is 0 Å². The summed E-state index contributed by atoms with van der Waals surface area (Å²) in [7, 11) is 0. The highest BCUT2D eigenvalue weighted by Crippen LogP contribution is 2.41. The average molecular weight is 436 g/mol. The summed E-state index contributed by atoms with van der Waals surface area (Å²) < 4.78 is 85.7. The van der Waals surface area contributed by atoms with Crippen LogP contribution in [0.3, 0.4) is 0 Å². The molecule has 0 radical (unpaired) electrons. The number of aliphatic hydroxyl groups excluding tert-OH is 1. The van der Waals surface area contributed by atoms with Crippen molar-refractivity contribution in [1.82, 2.24) is 4.98 Å². The van der Waals surface area contributed by atoms with E-state index in [1.165, 1.54) is 23.1 Å². The smallest absolute Gasteiger partial charge is 0.417 e. The Labute approximate surface area is 169 Å². The molecule has 0 spiro atoms. The van der Waals surface area contributed by atoms with Gasteiger partial charge in [-0.25, -0.2) is 4.98 Å². The minimum Gasteiger partial charge on any atom is -0.475 e. The fourth-order valence-corrected chi connectivity index (χ4v) is 3.88. The minimum atomic E-state index is -4.83. The van der Waals surface area contributed by atoms with Gasteiger partial charge in [0.2, 0.25) is 5.88 Å². The third-order valence-corrected chi connectivity index (χ3v) is 5.14. The van der Waals surface area contributed by atoms with Crippen molar-refractivity contribution in [2.24, 2.45) is 0 Å². The van der Waals surface area contributed by atoms with E-state index < -0.39 is 30.1 Å². The van der Waals surface area contributed by atoms with Gasteiger partial charge in [-0.05, 0) is 51.8 Å². The topological polar surface area (TPSA) is 45.6 Å². The zero-order valence-electron chi connectivity index (χ0n) is 16.6. The summed E-state index contributed by atoms with van der Waals surface area (Å²) in [6.45, 7) is 4.99. The molecule has 1 aromatic carbocycles. The number of hydrogen-bond donors (Lipinski definition) is 1. The van der Waals surface area contributed by atoms with Crippen molar-refractivity contribution < 1.29 is 36.2 Å². The lowest BCUT2D eigenvalue weighted by molar-refractivity contribution is -0.209. The van der Waals surface area contributed by atoms with Gasteiger partial charge in [0.1, 0.15) is 0 Å². The van der Waals surface area contributed by atoms with E-state index in [2.05, 4.69) is 4.98 Å². The van der Waals surface area contributed by atoms with E-state index in [1.807, 2.05) is 0 Å². The molecular formula is C20H22F6N2O2. The van der Waals surface area contributed by atoms with Gasteiger partial charge in [0.05, 0.1) is 23.2 Å².